The molecule has 0 atom stereocenters. The highest BCUT2D eigenvalue weighted by Crippen LogP contribution is 2.21. The maximum Gasteiger partial charge on any atom is 0.270 e. The number of nitrogens with zero attached hydrogens (tertiary/aromatic N) is 1. The summed E-state index contributed by atoms with van der Waals surface area (Å²) in [6.07, 6.45) is 0. The van der Waals surface area contributed by atoms with Gasteiger partial charge in [0.2, 0.25) is 0 Å². The molecule has 0 saturated carbocycles. The lowest BCUT2D eigenvalue weighted by Gasteiger charge is -2.07. The van der Waals surface area contributed by atoms with Crippen LogP contribution in [0, 0.1) is 11.7 Å². The van der Waals surface area contributed by atoms with Crippen molar-refractivity contribution in [3.8, 4) is 0 Å². The number of aryl methyl sites for hydroxylation is 1. The predicted octanol–water partition coefficient (Wildman–Crippen LogP) is 3.24. The van der Waals surface area contributed by atoms with Gasteiger partial charge in [-0.2, -0.15) is 0 Å². The van der Waals surface area contributed by atoms with Crippen LogP contribution in [-0.4, -0.2) is 17.4 Å². The Kier molecular flexibility index (Phi) is 2.99. The SMILES string of the molecule is Cc1ccc(S(=O)(=O)n2c(=S)[nH]c3ccccc32)cc1. The van der Waals surface area contributed by atoms with E-state index in [1.807, 2.05) is 13.0 Å². The van der Waals surface area contributed by atoms with Gasteiger partial charge in [-0.25, -0.2) is 12.4 Å². The number of para-hydroxylation sites is 2. The molecule has 0 aliphatic heterocycles. The number of nitrogens with one attached hydrogen (secondary N) is 1. The molecule has 2 aromatic carbocycles. The molecule has 3 aromatic rings. The van der Waals surface area contributed by atoms with Gasteiger partial charge in [0, 0.05) is 0 Å². The van der Waals surface area contributed by atoms with E-state index in [0.29, 0.717) is 11.0 Å². The predicted molar refractivity (Wildman–Crippen MR) is 80.9 cm³/mol. The smallest absolute Gasteiger partial charge is 0.270 e. The fraction of sp³-hybridized carbons (Fsp3) is 0.0714. The van der Waals surface area contributed by atoms with Gasteiger partial charge < -0.3 is 4.98 Å². The van der Waals surface area contributed by atoms with E-state index in [2.05, 4.69) is 4.98 Å². The van der Waals surface area contributed by atoms with Gasteiger partial charge in [-0.3, -0.25) is 0 Å². The average Bonchev–Trinajstić information content (AvgIpc) is 2.75. The summed E-state index contributed by atoms with van der Waals surface area (Å²) in [5, 5.41) is 0. The third-order valence-electron chi connectivity index (χ3n) is 3.11. The molecular formula is C14H12N2O2S2. The van der Waals surface area contributed by atoms with E-state index in [9.17, 15) is 8.42 Å². The summed E-state index contributed by atoms with van der Waals surface area (Å²) >= 11 is 5.16. The third-order valence-corrected chi connectivity index (χ3v) is 5.24. The molecule has 0 saturated heterocycles. The van der Waals surface area contributed by atoms with Crippen LogP contribution in [0.25, 0.3) is 11.0 Å². The maximum atomic E-state index is 12.7. The second kappa shape index (κ2) is 4.57. The molecule has 1 aromatic heterocycles. The highest BCUT2D eigenvalue weighted by molar-refractivity contribution is 7.90. The number of H-pyrrole nitrogens is 1. The lowest BCUT2D eigenvalue weighted by atomic mass is 10.2. The number of imidazole rings is 1. The van der Waals surface area contributed by atoms with Crippen LogP contribution in [0.15, 0.2) is 53.4 Å². The second-order valence-corrected chi connectivity index (χ2v) is 6.70. The van der Waals surface area contributed by atoms with Crippen LogP contribution in [0.4, 0.5) is 0 Å². The highest BCUT2D eigenvalue weighted by atomic mass is 32.2. The third kappa shape index (κ3) is 1.97. The molecule has 1 heterocycles. The molecule has 0 unspecified atom stereocenters. The summed E-state index contributed by atoms with van der Waals surface area (Å²) in [6, 6.07) is 13.9. The minimum absolute atomic E-state index is 0.173. The standard InChI is InChI=1S/C14H12N2O2S2/c1-10-6-8-11(9-7-10)20(17,18)16-13-5-3-2-4-12(13)15-14(16)19/h2-9H,1H3,(H,15,19). The number of hydrogen-bond donors (Lipinski definition) is 1. The molecule has 1 N–H and O–H groups in total. The fourth-order valence-electron chi connectivity index (χ4n) is 2.09. The van der Waals surface area contributed by atoms with E-state index in [-0.39, 0.29) is 9.67 Å². The molecule has 3 rings (SSSR count). The van der Waals surface area contributed by atoms with Crippen LogP contribution in [-0.2, 0) is 10.0 Å². The molecule has 0 bridgehead atoms. The monoisotopic (exact) mass is 304 g/mol. The molecule has 0 aliphatic carbocycles. The normalized spacial score (nSPS) is 11.8. The van der Waals surface area contributed by atoms with Crippen LogP contribution in [0.1, 0.15) is 5.56 Å². The van der Waals surface area contributed by atoms with E-state index in [0.717, 1.165) is 5.56 Å². The first-order valence-corrected chi connectivity index (χ1v) is 7.87. The number of benzene rings is 2. The minimum Gasteiger partial charge on any atom is -0.330 e. The van der Waals surface area contributed by atoms with Crippen LogP contribution in [0.2, 0.25) is 0 Å². The number of aromatic nitrogens is 2. The lowest BCUT2D eigenvalue weighted by Crippen LogP contribution is -2.13. The first-order valence-electron chi connectivity index (χ1n) is 6.02. The van der Waals surface area contributed by atoms with Crippen molar-refractivity contribution in [2.45, 2.75) is 11.8 Å². The van der Waals surface area contributed by atoms with Crippen LogP contribution >= 0.6 is 12.2 Å². The van der Waals surface area contributed by atoms with Crippen LogP contribution in [0.5, 0.6) is 0 Å². The van der Waals surface area contributed by atoms with Gasteiger partial charge in [0.05, 0.1) is 15.9 Å². The fourth-order valence-corrected chi connectivity index (χ4v) is 3.96. The summed E-state index contributed by atoms with van der Waals surface area (Å²) < 4.78 is 26.8. The van der Waals surface area contributed by atoms with Gasteiger partial charge in [0.25, 0.3) is 10.0 Å². The number of aromatic amines is 1. The zero-order valence-electron chi connectivity index (χ0n) is 10.7. The molecule has 0 fully saturated rings. The van der Waals surface area contributed by atoms with Crippen molar-refractivity contribution in [2.24, 2.45) is 0 Å². The van der Waals surface area contributed by atoms with Gasteiger partial charge in [-0.15, -0.1) is 0 Å². The Hall–Kier alpha value is -1.92. The summed E-state index contributed by atoms with van der Waals surface area (Å²) in [6.45, 7) is 1.91. The zero-order chi connectivity index (χ0) is 14.3. The minimum atomic E-state index is -3.69. The Labute approximate surface area is 121 Å². The highest BCUT2D eigenvalue weighted by Gasteiger charge is 2.20. The Balaban J connectivity index is 2.32. The molecule has 0 amide bonds. The topological polar surface area (TPSA) is 54.9 Å². The first kappa shape index (κ1) is 13.1. The molecule has 0 spiro atoms. The average molecular weight is 304 g/mol. The molecule has 0 radical (unpaired) electrons. The lowest BCUT2D eigenvalue weighted by molar-refractivity contribution is 0.588. The Morgan fingerprint density at radius 1 is 1.05 bits per heavy atom. The molecular weight excluding hydrogens is 292 g/mol. The van der Waals surface area contributed by atoms with Crippen LogP contribution in [0.3, 0.4) is 0 Å². The van der Waals surface area contributed by atoms with Gasteiger partial charge in [-0.1, -0.05) is 29.8 Å². The molecule has 4 nitrogen and oxygen atoms in total. The van der Waals surface area contributed by atoms with Gasteiger partial charge in [0.15, 0.2) is 4.77 Å². The zero-order valence-corrected chi connectivity index (χ0v) is 12.3. The summed E-state index contributed by atoms with van der Waals surface area (Å²) in [5.41, 5.74) is 2.26. The molecule has 0 aliphatic rings. The van der Waals surface area contributed by atoms with Gasteiger partial charge >= 0.3 is 0 Å². The van der Waals surface area contributed by atoms with E-state index in [1.165, 1.54) is 3.97 Å². The van der Waals surface area contributed by atoms with E-state index < -0.39 is 10.0 Å². The van der Waals surface area contributed by atoms with Crippen molar-refractivity contribution in [3.63, 3.8) is 0 Å². The Morgan fingerprint density at radius 3 is 2.40 bits per heavy atom. The van der Waals surface area contributed by atoms with Crippen molar-refractivity contribution in [1.82, 2.24) is 8.96 Å². The Bertz CT molecular complexity index is 935. The largest absolute Gasteiger partial charge is 0.330 e. The number of hydrogen-bond acceptors (Lipinski definition) is 3. The first-order chi connectivity index (χ1) is 9.50. The molecule has 20 heavy (non-hydrogen) atoms. The van der Waals surface area contributed by atoms with Crippen molar-refractivity contribution in [2.75, 3.05) is 0 Å². The summed E-state index contributed by atoms with van der Waals surface area (Å²) in [5.74, 6) is 0. The van der Waals surface area contributed by atoms with Crippen LogP contribution < -0.4 is 0 Å². The second-order valence-electron chi connectivity index (χ2n) is 4.53. The number of fused-ring (bicyclic) bond motifs is 1. The van der Waals surface area contributed by atoms with Gasteiger partial charge in [-0.05, 0) is 43.4 Å². The van der Waals surface area contributed by atoms with Crippen molar-refractivity contribution in [3.05, 3.63) is 58.9 Å². The van der Waals surface area contributed by atoms with E-state index in [1.54, 1.807) is 42.5 Å². The number of rotatable bonds is 2. The summed E-state index contributed by atoms with van der Waals surface area (Å²) in [7, 11) is -3.69. The molecule has 6 heteroatoms. The Morgan fingerprint density at radius 2 is 1.70 bits per heavy atom. The quantitative estimate of drug-likeness (QED) is 0.739. The van der Waals surface area contributed by atoms with E-state index >= 15 is 0 Å². The van der Waals surface area contributed by atoms with Gasteiger partial charge in [0.1, 0.15) is 0 Å². The maximum absolute atomic E-state index is 12.7. The molecule has 102 valence electrons. The van der Waals surface area contributed by atoms with Crippen molar-refractivity contribution in [1.29, 1.82) is 0 Å². The van der Waals surface area contributed by atoms with Crippen molar-refractivity contribution < 1.29 is 8.42 Å². The van der Waals surface area contributed by atoms with Crippen molar-refractivity contribution >= 4 is 33.3 Å². The van der Waals surface area contributed by atoms with E-state index in [4.69, 9.17) is 12.2 Å². The summed E-state index contributed by atoms with van der Waals surface area (Å²) in [4.78, 5) is 3.14.